The van der Waals surface area contributed by atoms with Gasteiger partial charge in [-0.05, 0) is 44.4 Å². The molecule has 1 fully saturated rings. The fourth-order valence-electron chi connectivity index (χ4n) is 2.11. The van der Waals surface area contributed by atoms with E-state index in [2.05, 4.69) is 29.1 Å². The number of para-hydroxylation sites is 1. The van der Waals surface area contributed by atoms with E-state index in [1.807, 2.05) is 44.2 Å². The number of nitrogens with zero attached hydrogens (tertiary/aromatic N) is 2. The third kappa shape index (κ3) is 3.35. The average Bonchev–Trinajstić information content (AvgIpc) is 3.30. The molecule has 3 nitrogen and oxygen atoms in total. The molecule has 0 unspecified atom stereocenters. The van der Waals surface area contributed by atoms with Crippen molar-refractivity contribution in [1.82, 2.24) is 9.97 Å². The molecule has 1 heterocycles. The van der Waals surface area contributed by atoms with Crippen molar-refractivity contribution >= 4 is 11.6 Å². The number of rotatable bonds is 3. The molecule has 1 aromatic carbocycles. The van der Waals surface area contributed by atoms with Gasteiger partial charge in [0.15, 0.2) is 0 Å². The van der Waals surface area contributed by atoms with Crippen molar-refractivity contribution in [2.75, 3.05) is 5.32 Å². The van der Waals surface area contributed by atoms with Gasteiger partial charge in [-0.25, -0.2) is 9.97 Å². The molecule has 1 N–H and O–H groups in total. The lowest BCUT2D eigenvalue weighted by Crippen LogP contribution is -2.04. The molecular formula is C17H23N3. The third-order valence-electron chi connectivity index (χ3n) is 3.42. The third-order valence-corrected chi connectivity index (χ3v) is 3.42. The Morgan fingerprint density at radius 1 is 1.00 bits per heavy atom. The standard InChI is InChI=1S/C15H17N3.C2H6/c1-10-11(2)16-15(18-14(10)12-8-9-12)17-13-6-4-3-5-7-13;1-2/h3-7,12H,8-9H2,1-2H3,(H,16,17,18);1-2H3. The minimum absolute atomic E-state index is 0.656. The van der Waals surface area contributed by atoms with Crippen LogP contribution < -0.4 is 5.32 Å². The maximum Gasteiger partial charge on any atom is 0.227 e. The highest BCUT2D eigenvalue weighted by Gasteiger charge is 2.28. The normalized spacial score (nSPS) is 13.4. The largest absolute Gasteiger partial charge is 0.324 e. The van der Waals surface area contributed by atoms with Gasteiger partial charge in [-0.1, -0.05) is 32.0 Å². The fourth-order valence-corrected chi connectivity index (χ4v) is 2.11. The van der Waals surface area contributed by atoms with Crippen LogP contribution in [0.5, 0.6) is 0 Å². The Morgan fingerprint density at radius 3 is 2.25 bits per heavy atom. The predicted molar refractivity (Wildman–Crippen MR) is 84.6 cm³/mol. The van der Waals surface area contributed by atoms with Gasteiger partial charge in [0, 0.05) is 17.3 Å². The fraction of sp³-hybridized carbons (Fsp3) is 0.412. The predicted octanol–water partition coefficient (Wildman–Crippen LogP) is 4.74. The molecule has 1 saturated carbocycles. The number of hydrogen-bond donors (Lipinski definition) is 1. The Morgan fingerprint density at radius 2 is 1.65 bits per heavy atom. The number of hydrogen-bond acceptors (Lipinski definition) is 3. The van der Waals surface area contributed by atoms with Crippen LogP contribution in [-0.4, -0.2) is 9.97 Å². The first-order chi connectivity index (χ1) is 9.74. The van der Waals surface area contributed by atoms with Gasteiger partial charge in [-0.15, -0.1) is 0 Å². The SMILES string of the molecule is CC.Cc1nc(Nc2ccccc2)nc(C2CC2)c1C. The van der Waals surface area contributed by atoms with E-state index >= 15 is 0 Å². The summed E-state index contributed by atoms with van der Waals surface area (Å²) in [6.07, 6.45) is 2.53. The van der Waals surface area contributed by atoms with Crippen LogP contribution in [0.4, 0.5) is 11.6 Å². The van der Waals surface area contributed by atoms with Crippen molar-refractivity contribution < 1.29 is 0 Å². The summed E-state index contributed by atoms with van der Waals surface area (Å²) in [4.78, 5) is 9.18. The minimum atomic E-state index is 0.656. The Bertz CT molecular complexity index is 560. The molecule has 106 valence electrons. The first kappa shape index (κ1) is 14.5. The highest BCUT2D eigenvalue weighted by Crippen LogP contribution is 2.41. The number of aromatic nitrogens is 2. The van der Waals surface area contributed by atoms with E-state index in [-0.39, 0.29) is 0 Å². The summed E-state index contributed by atoms with van der Waals surface area (Å²) in [6.45, 7) is 8.17. The van der Waals surface area contributed by atoms with Crippen molar-refractivity contribution in [3.63, 3.8) is 0 Å². The van der Waals surface area contributed by atoms with Crippen LogP contribution in [0.3, 0.4) is 0 Å². The second-order valence-electron chi connectivity index (χ2n) is 4.91. The molecule has 0 saturated heterocycles. The lowest BCUT2D eigenvalue weighted by Gasteiger charge is -2.11. The lowest BCUT2D eigenvalue weighted by atomic mass is 10.1. The number of benzene rings is 1. The van der Waals surface area contributed by atoms with Gasteiger partial charge in [0.25, 0.3) is 0 Å². The molecule has 20 heavy (non-hydrogen) atoms. The maximum absolute atomic E-state index is 4.67. The van der Waals surface area contributed by atoms with Crippen molar-refractivity contribution in [2.24, 2.45) is 0 Å². The Kier molecular flexibility index (Phi) is 4.72. The van der Waals surface area contributed by atoms with Gasteiger partial charge in [0.1, 0.15) is 0 Å². The number of nitrogens with one attached hydrogen (secondary N) is 1. The number of aryl methyl sites for hydroxylation is 1. The quantitative estimate of drug-likeness (QED) is 0.874. The molecule has 1 aromatic heterocycles. The van der Waals surface area contributed by atoms with Crippen LogP contribution in [-0.2, 0) is 0 Å². The summed E-state index contributed by atoms with van der Waals surface area (Å²) >= 11 is 0. The van der Waals surface area contributed by atoms with Crippen LogP contribution in [0, 0.1) is 13.8 Å². The second-order valence-corrected chi connectivity index (χ2v) is 4.91. The van der Waals surface area contributed by atoms with E-state index in [9.17, 15) is 0 Å². The summed E-state index contributed by atoms with van der Waals surface area (Å²) in [6, 6.07) is 10.1. The van der Waals surface area contributed by atoms with Gasteiger partial charge in [-0.2, -0.15) is 0 Å². The average molecular weight is 269 g/mol. The Balaban J connectivity index is 0.000000704. The molecule has 1 aliphatic rings. The van der Waals surface area contributed by atoms with Crippen LogP contribution in [0.15, 0.2) is 30.3 Å². The smallest absolute Gasteiger partial charge is 0.227 e. The summed E-state index contributed by atoms with van der Waals surface area (Å²) in [5, 5.41) is 3.27. The number of anilines is 2. The van der Waals surface area contributed by atoms with Gasteiger partial charge < -0.3 is 5.32 Å². The van der Waals surface area contributed by atoms with Crippen molar-refractivity contribution in [2.45, 2.75) is 46.5 Å². The van der Waals surface area contributed by atoms with Crippen molar-refractivity contribution in [3.8, 4) is 0 Å². The van der Waals surface area contributed by atoms with E-state index < -0.39 is 0 Å². The zero-order chi connectivity index (χ0) is 14.5. The zero-order valence-electron chi connectivity index (χ0n) is 12.8. The minimum Gasteiger partial charge on any atom is -0.324 e. The summed E-state index contributed by atoms with van der Waals surface area (Å²) < 4.78 is 0. The van der Waals surface area contributed by atoms with E-state index in [1.54, 1.807) is 0 Å². The zero-order valence-corrected chi connectivity index (χ0v) is 12.8. The highest BCUT2D eigenvalue weighted by molar-refractivity contribution is 5.53. The van der Waals surface area contributed by atoms with Crippen LogP contribution >= 0.6 is 0 Å². The van der Waals surface area contributed by atoms with Crippen LogP contribution in [0.2, 0.25) is 0 Å². The van der Waals surface area contributed by atoms with Gasteiger partial charge in [0.05, 0.1) is 5.69 Å². The molecule has 0 aliphatic heterocycles. The van der Waals surface area contributed by atoms with E-state index in [0.29, 0.717) is 11.9 Å². The monoisotopic (exact) mass is 269 g/mol. The molecule has 0 amide bonds. The molecule has 0 radical (unpaired) electrons. The van der Waals surface area contributed by atoms with Gasteiger partial charge in [-0.3, -0.25) is 0 Å². The van der Waals surface area contributed by atoms with Crippen LogP contribution in [0.25, 0.3) is 0 Å². The van der Waals surface area contributed by atoms with Crippen molar-refractivity contribution in [3.05, 3.63) is 47.3 Å². The van der Waals surface area contributed by atoms with E-state index in [1.165, 1.54) is 24.1 Å². The molecule has 3 rings (SSSR count). The van der Waals surface area contributed by atoms with Gasteiger partial charge >= 0.3 is 0 Å². The van der Waals surface area contributed by atoms with Crippen LogP contribution in [0.1, 0.15) is 49.6 Å². The Labute approximate surface area is 121 Å². The molecule has 1 aliphatic carbocycles. The molecule has 0 spiro atoms. The van der Waals surface area contributed by atoms with Crippen molar-refractivity contribution in [1.29, 1.82) is 0 Å². The van der Waals surface area contributed by atoms with Gasteiger partial charge in [0.2, 0.25) is 5.95 Å². The molecule has 0 atom stereocenters. The first-order valence-electron chi connectivity index (χ1n) is 7.41. The molecule has 2 aromatic rings. The highest BCUT2D eigenvalue weighted by atomic mass is 15.1. The summed E-state index contributed by atoms with van der Waals surface area (Å²) in [5.41, 5.74) is 4.57. The Hall–Kier alpha value is -1.90. The second kappa shape index (κ2) is 6.51. The summed E-state index contributed by atoms with van der Waals surface area (Å²) in [5.74, 6) is 1.37. The maximum atomic E-state index is 4.67. The van der Waals surface area contributed by atoms with E-state index in [4.69, 9.17) is 0 Å². The summed E-state index contributed by atoms with van der Waals surface area (Å²) in [7, 11) is 0. The van der Waals surface area contributed by atoms with E-state index in [0.717, 1.165) is 11.4 Å². The first-order valence-corrected chi connectivity index (χ1v) is 7.41. The topological polar surface area (TPSA) is 37.8 Å². The molecule has 3 heteroatoms. The lowest BCUT2D eigenvalue weighted by molar-refractivity contribution is 0.941. The molecule has 0 bridgehead atoms. The molecular weight excluding hydrogens is 246 g/mol.